The van der Waals surface area contributed by atoms with Crippen molar-refractivity contribution in [3.63, 3.8) is 0 Å². The Morgan fingerprint density at radius 1 is 0.771 bits per heavy atom. The minimum absolute atomic E-state index is 0.0309. The molecule has 0 radical (unpaired) electrons. The first-order valence-electron chi connectivity index (χ1n) is 10.2. The van der Waals surface area contributed by atoms with E-state index in [1.807, 2.05) is 5.32 Å². The van der Waals surface area contributed by atoms with Crippen molar-refractivity contribution in [3.8, 4) is 23.0 Å². The summed E-state index contributed by atoms with van der Waals surface area (Å²) in [5, 5.41) is 31.0. The van der Waals surface area contributed by atoms with Crippen molar-refractivity contribution in [1.82, 2.24) is 5.32 Å². The van der Waals surface area contributed by atoms with E-state index in [1.54, 1.807) is 18.2 Å². The molecule has 0 saturated heterocycles. The summed E-state index contributed by atoms with van der Waals surface area (Å²) in [5.41, 5.74) is 0.159. The normalized spacial score (nSPS) is 15.7. The molecule has 1 spiro atoms. The fourth-order valence-corrected chi connectivity index (χ4v) is 4.19. The van der Waals surface area contributed by atoms with Gasteiger partial charge in [-0.15, -0.1) is 0 Å². The van der Waals surface area contributed by atoms with Crippen LogP contribution in [0.25, 0.3) is 0 Å². The number of imide groups is 1. The maximum Gasteiger partial charge on any atom is 0.340 e. The highest BCUT2D eigenvalue weighted by molar-refractivity contribution is 6.12. The number of nitrogens with one attached hydrogen (secondary N) is 1. The minimum atomic E-state index is -1.38. The predicted molar refractivity (Wildman–Crippen MR) is 117 cm³/mol. The second-order valence-corrected chi connectivity index (χ2v) is 7.79. The standard InChI is InChI=1S/C21H12O7.C4H3NO2/c22-11-2-5-15-17(8-11)27-18-9-12(23)3-6-16(18)21(15)14-4-1-10(19(24)25)7-13(14)20(26)28-21;6-3-1-2-4(7)5-3/h1-9,22-23H,(H,24,25);1-2H,(H,5,6,7). The molecule has 0 aliphatic carbocycles. The van der Waals surface area contributed by atoms with Gasteiger partial charge in [0.15, 0.2) is 5.60 Å². The van der Waals surface area contributed by atoms with Crippen LogP contribution in [0.4, 0.5) is 0 Å². The van der Waals surface area contributed by atoms with E-state index in [0.29, 0.717) is 16.7 Å². The predicted octanol–water partition coefficient (Wildman–Crippen LogP) is 2.56. The number of benzene rings is 3. The van der Waals surface area contributed by atoms with Gasteiger partial charge in [-0.05, 0) is 36.4 Å². The highest BCUT2D eigenvalue weighted by Gasteiger charge is 2.53. The Labute approximate surface area is 196 Å². The van der Waals surface area contributed by atoms with E-state index in [-0.39, 0.29) is 45.9 Å². The van der Waals surface area contributed by atoms with Crippen molar-refractivity contribution in [2.75, 3.05) is 0 Å². The molecule has 6 rings (SSSR count). The molecule has 0 aromatic heterocycles. The Hall–Kier alpha value is -5.12. The minimum Gasteiger partial charge on any atom is -0.508 e. The second kappa shape index (κ2) is 7.73. The number of aromatic hydroxyl groups is 2. The largest absolute Gasteiger partial charge is 0.508 e. The molecule has 10 heteroatoms. The van der Waals surface area contributed by atoms with Crippen molar-refractivity contribution in [1.29, 1.82) is 0 Å². The molecular weight excluding hydrogens is 458 g/mol. The lowest BCUT2D eigenvalue weighted by Gasteiger charge is -2.36. The van der Waals surface area contributed by atoms with E-state index in [4.69, 9.17) is 9.47 Å². The van der Waals surface area contributed by atoms with Crippen molar-refractivity contribution >= 4 is 23.8 Å². The number of carboxylic acid groups (broad SMARTS) is 1. The number of hydrogen-bond donors (Lipinski definition) is 4. The Bertz CT molecular complexity index is 1420. The van der Waals surface area contributed by atoms with Crippen molar-refractivity contribution in [2.24, 2.45) is 0 Å². The fourth-order valence-electron chi connectivity index (χ4n) is 4.19. The zero-order valence-corrected chi connectivity index (χ0v) is 17.6. The number of amides is 2. The van der Waals surface area contributed by atoms with Gasteiger partial charge >= 0.3 is 11.9 Å². The van der Waals surface area contributed by atoms with Crippen molar-refractivity contribution < 1.29 is 44.0 Å². The Balaban J connectivity index is 0.000000313. The van der Waals surface area contributed by atoms with Gasteiger partial charge in [-0.25, -0.2) is 9.59 Å². The fraction of sp³-hybridized carbons (Fsp3) is 0.0400. The summed E-state index contributed by atoms with van der Waals surface area (Å²) in [6.07, 6.45) is 2.39. The number of hydrogen-bond acceptors (Lipinski definition) is 8. The third-order valence-corrected chi connectivity index (χ3v) is 5.65. The Morgan fingerprint density at radius 2 is 1.31 bits per heavy atom. The second-order valence-electron chi connectivity index (χ2n) is 7.79. The summed E-state index contributed by atoms with van der Waals surface area (Å²) in [4.78, 5) is 44.1. The van der Waals surface area contributed by atoms with Crippen molar-refractivity contribution in [3.05, 3.63) is 94.6 Å². The third kappa shape index (κ3) is 3.44. The molecule has 3 aromatic rings. The van der Waals surface area contributed by atoms with Crippen LogP contribution in [0, 0.1) is 0 Å². The van der Waals surface area contributed by atoms with Crippen molar-refractivity contribution in [2.45, 2.75) is 5.60 Å². The summed E-state index contributed by atoms with van der Waals surface area (Å²) in [7, 11) is 0. The van der Waals surface area contributed by atoms with E-state index in [0.717, 1.165) is 0 Å². The first kappa shape index (κ1) is 21.7. The van der Waals surface area contributed by atoms with Crippen LogP contribution in [0.5, 0.6) is 23.0 Å². The molecule has 0 unspecified atom stereocenters. The summed E-state index contributed by atoms with van der Waals surface area (Å²) in [5.74, 6) is -2.03. The smallest absolute Gasteiger partial charge is 0.340 e. The number of fused-ring (bicyclic) bond motifs is 6. The molecule has 0 atom stereocenters. The van der Waals surface area contributed by atoms with Crippen LogP contribution in [0.3, 0.4) is 0 Å². The monoisotopic (exact) mass is 473 g/mol. The van der Waals surface area contributed by atoms with Gasteiger partial charge < -0.3 is 24.8 Å². The van der Waals surface area contributed by atoms with Crippen LogP contribution < -0.4 is 10.1 Å². The number of ether oxygens (including phenoxy) is 2. The quantitative estimate of drug-likeness (QED) is 0.308. The van der Waals surface area contributed by atoms with Gasteiger partial charge in [-0.2, -0.15) is 0 Å². The lowest BCUT2D eigenvalue weighted by molar-refractivity contribution is -0.123. The molecule has 4 N–H and O–H groups in total. The number of phenols is 2. The number of aromatic carboxylic acids is 1. The van der Waals surface area contributed by atoms with Gasteiger partial charge in [0.2, 0.25) is 0 Å². The molecule has 10 nitrogen and oxygen atoms in total. The van der Waals surface area contributed by atoms with Gasteiger partial charge in [-0.3, -0.25) is 14.9 Å². The van der Waals surface area contributed by atoms with Gasteiger partial charge in [0, 0.05) is 41.0 Å². The molecule has 0 bridgehead atoms. The van der Waals surface area contributed by atoms with E-state index < -0.39 is 17.5 Å². The van der Waals surface area contributed by atoms with Gasteiger partial charge in [0.05, 0.1) is 11.1 Å². The zero-order chi connectivity index (χ0) is 24.9. The summed E-state index contributed by atoms with van der Waals surface area (Å²) >= 11 is 0. The number of rotatable bonds is 1. The highest BCUT2D eigenvalue weighted by Crippen LogP contribution is 2.57. The van der Waals surface area contributed by atoms with Crippen LogP contribution in [0.2, 0.25) is 0 Å². The molecular formula is C25H15NO9. The first-order chi connectivity index (χ1) is 16.7. The van der Waals surface area contributed by atoms with E-state index in [9.17, 15) is 34.5 Å². The van der Waals surface area contributed by atoms with E-state index in [2.05, 4.69) is 0 Å². The first-order valence-corrected chi connectivity index (χ1v) is 10.2. The molecule has 0 saturated carbocycles. The maximum atomic E-state index is 12.7. The molecule has 3 aromatic carbocycles. The topological polar surface area (TPSA) is 159 Å². The number of phenolic OH excluding ortho intramolecular Hbond substituents is 2. The third-order valence-electron chi connectivity index (χ3n) is 5.65. The molecule has 0 fully saturated rings. The Kier molecular flexibility index (Phi) is 4.80. The van der Waals surface area contributed by atoms with Crippen LogP contribution in [-0.2, 0) is 19.9 Å². The molecule has 35 heavy (non-hydrogen) atoms. The van der Waals surface area contributed by atoms with E-state index >= 15 is 0 Å². The van der Waals surface area contributed by atoms with Crippen LogP contribution in [-0.4, -0.2) is 39.1 Å². The lowest BCUT2D eigenvalue weighted by Crippen LogP contribution is -2.32. The average Bonchev–Trinajstić information content (AvgIpc) is 3.33. The molecule has 3 heterocycles. The average molecular weight is 473 g/mol. The maximum absolute atomic E-state index is 12.7. The van der Waals surface area contributed by atoms with Gasteiger partial charge in [0.25, 0.3) is 11.8 Å². The van der Waals surface area contributed by atoms with Crippen LogP contribution in [0.1, 0.15) is 37.4 Å². The lowest BCUT2D eigenvalue weighted by atomic mass is 9.77. The molecule has 3 aliphatic rings. The summed E-state index contributed by atoms with van der Waals surface area (Å²) < 4.78 is 11.7. The number of carboxylic acids is 1. The summed E-state index contributed by atoms with van der Waals surface area (Å²) in [6, 6.07) is 13.1. The highest BCUT2D eigenvalue weighted by atomic mass is 16.6. The molecule has 3 aliphatic heterocycles. The number of carbonyl (C=O) groups excluding carboxylic acids is 3. The Morgan fingerprint density at radius 3 is 1.80 bits per heavy atom. The zero-order valence-electron chi connectivity index (χ0n) is 17.6. The SMILES string of the molecule is O=C(O)c1ccc2c(c1)C(=O)OC21c2ccc(O)cc2Oc2cc(O)ccc21.O=C1C=CC(=O)N1. The van der Waals surface area contributed by atoms with E-state index in [1.165, 1.54) is 48.6 Å². The summed E-state index contributed by atoms with van der Waals surface area (Å²) in [6.45, 7) is 0. The van der Waals surface area contributed by atoms with Crippen LogP contribution in [0.15, 0.2) is 66.7 Å². The number of carbonyl (C=O) groups is 4. The molecule has 2 amide bonds. The van der Waals surface area contributed by atoms with Gasteiger partial charge in [-0.1, -0.05) is 6.07 Å². The molecule has 174 valence electrons. The van der Waals surface area contributed by atoms with Gasteiger partial charge in [0.1, 0.15) is 23.0 Å². The number of esters is 1. The van der Waals surface area contributed by atoms with Crippen LogP contribution >= 0.6 is 0 Å².